The lowest BCUT2D eigenvalue weighted by Crippen LogP contribution is -1.94. The third-order valence-corrected chi connectivity index (χ3v) is 6.34. The Morgan fingerprint density at radius 2 is 1.23 bits per heavy atom. The molecule has 6 aromatic rings. The molecular weight excluding hydrogens is 430 g/mol. The molecule has 0 fully saturated rings. The van der Waals surface area contributed by atoms with Gasteiger partial charge >= 0.3 is 0 Å². The molecule has 0 radical (unpaired) electrons. The highest BCUT2D eigenvalue weighted by molar-refractivity contribution is 9.10. The number of rotatable bonds is 2. The van der Waals surface area contributed by atoms with Crippen molar-refractivity contribution in [2.45, 2.75) is 0 Å². The van der Waals surface area contributed by atoms with Gasteiger partial charge in [0.2, 0.25) is 0 Å². The fourth-order valence-corrected chi connectivity index (χ4v) is 4.84. The van der Waals surface area contributed by atoms with E-state index in [4.69, 9.17) is 0 Å². The van der Waals surface area contributed by atoms with E-state index in [1.165, 1.54) is 49.4 Å². The van der Waals surface area contributed by atoms with E-state index < -0.39 is 0 Å². The van der Waals surface area contributed by atoms with Crippen molar-refractivity contribution in [3.63, 3.8) is 0 Å². The summed E-state index contributed by atoms with van der Waals surface area (Å²) in [6.07, 6.45) is 0. The Hall–Kier alpha value is -3.36. The summed E-state index contributed by atoms with van der Waals surface area (Å²) in [7, 11) is 0. The molecular formula is C28H18BrN. The number of para-hydroxylation sites is 1. The molecule has 0 atom stereocenters. The van der Waals surface area contributed by atoms with Crippen LogP contribution in [0.2, 0.25) is 0 Å². The SMILES string of the molecule is Brc1ccc2c(ccc3c4ccccc4n(-c4ccc(-c5ccccc5)cc4)c23)c1. The number of halogens is 1. The van der Waals surface area contributed by atoms with Crippen LogP contribution in [0.15, 0.2) is 114 Å². The van der Waals surface area contributed by atoms with Gasteiger partial charge in [-0.3, -0.25) is 0 Å². The standard InChI is InChI=1S/C28H18BrN/c29-22-13-17-24-21(18-22)12-16-26-25-8-4-5-9-27(25)30(28(24)26)23-14-10-20(11-15-23)19-6-2-1-3-7-19/h1-18H. The van der Waals surface area contributed by atoms with E-state index in [0.29, 0.717) is 0 Å². The van der Waals surface area contributed by atoms with E-state index in [1.807, 2.05) is 0 Å². The Morgan fingerprint density at radius 1 is 0.533 bits per heavy atom. The average Bonchev–Trinajstić information content (AvgIpc) is 3.14. The normalized spacial score (nSPS) is 11.5. The monoisotopic (exact) mass is 447 g/mol. The van der Waals surface area contributed by atoms with E-state index in [-0.39, 0.29) is 0 Å². The maximum Gasteiger partial charge on any atom is 0.0619 e. The van der Waals surface area contributed by atoms with Crippen molar-refractivity contribution in [3.8, 4) is 16.8 Å². The highest BCUT2D eigenvalue weighted by Crippen LogP contribution is 2.37. The molecule has 0 aliphatic heterocycles. The number of aromatic nitrogens is 1. The number of nitrogens with zero attached hydrogens (tertiary/aromatic N) is 1. The second-order valence-corrected chi connectivity index (χ2v) is 8.51. The maximum atomic E-state index is 3.62. The molecule has 0 N–H and O–H groups in total. The van der Waals surface area contributed by atoms with Crippen molar-refractivity contribution in [3.05, 3.63) is 114 Å². The van der Waals surface area contributed by atoms with E-state index in [1.54, 1.807) is 0 Å². The molecule has 1 aromatic heterocycles. The van der Waals surface area contributed by atoms with Crippen LogP contribution in [0.5, 0.6) is 0 Å². The third-order valence-electron chi connectivity index (χ3n) is 5.84. The summed E-state index contributed by atoms with van der Waals surface area (Å²) < 4.78 is 3.50. The molecule has 0 unspecified atom stereocenters. The van der Waals surface area contributed by atoms with Crippen LogP contribution in [0, 0.1) is 0 Å². The highest BCUT2D eigenvalue weighted by atomic mass is 79.9. The van der Waals surface area contributed by atoms with Crippen LogP contribution in [0.25, 0.3) is 49.4 Å². The minimum atomic E-state index is 1.10. The molecule has 0 spiro atoms. The topological polar surface area (TPSA) is 4.93 Å². The lowest BCUT2D eigenvalue weighted by Gasteiger charge is -2.11. The molecule has 0 aliphatic rings. The van der Waals surface area contributed by atoms with E-state index in [2.05, 4.69) is 130 Å². The molecule has 30 heavy (non-hydrogen) atoms. The molecule has 5 aromatic carbocycles. The van der Waals surface area contributed by atoms with Gasteiger partial charge in [0.1, 0.15) is 0 Å². The molecule has 0 saturated heterocycles. The predicted molar refractivity (Wildman–Crippen MR) is 131 cm³/mol. The molecule has 0 amide bonds. The van der Waals surface area contributed by atoms with E-state index >= 15 is 0 Å². The van der Waals surface area contributed by atoms with Crippen LogP contribution < -0.4 is 0 Å². The van der Waals surface area contributed by atoms with Crippen LogP contribution >= 0.6 is 15.9 Å². The molecule has 6 rings (SSSR count). The largest absolute Gasteiger partial charge is 0.309 e. The molecule has 2 heteroatoms. The van der Waals surface area contributed by atoms with Crippen molar-refractivity contribution < 1.29 is 0 Å². The molecule has 1 heterocycles. The molecule has 0 aliphatic carbocycles. The Labute approximate surface area is 183 Å². The summed E-state index contributed by atoms with van der Waals surface area (Å²) in [4.78, 5) is 0. The van der Waals surface area contributed by atoms with Crippen LogP contribution in [-0.2, 0) is 0 Å². The first-order chi connectivity index (χ1) is 14.8. The van der Waals surface area contributed by atoms with Gasteiger partial charge in [0.05, 0.1) is 11.0 Å². The number of fused-ring (bicyclic) bond motifs is 5. The Morgan fingerprint density at radius 3 is 2.07 bits per heavy atom. The van der Waals surface area contributed by atoms with Gasteiger partial charge in [0, 0.05) is 26.3 Å². The zero-order valence-corrected chi connectivity index (χ0v) is 17.8. The second kappa shape index (κ2) is 6.86. The van der Waals surface area contributed by atoms with Crippen molar-refractivity contribution in [2.24, 2.45) is 0 Å². The van der Waals surface area contributed by atoms with Crippen LogP contribution in [0.3, 0.4) is 0 Å². The highest BCUT2D eigenvalue weighted by Gasteiger charge is 2.14. The van der Waals surface area contributed by atoms with Crippen LogP contribution in [0.1, 0.15) is 0 Å². The summed E-state index contributed by atoms with van der Waals surface area (Å²) in [6.45, 7) is 0. The summed E-state index contributed by atoms with van der Waals surface area (Å²) >= 11 is 3.62. The van der Waals surface area contributed by atoms with E-state index in [9.17, 15) is 0 Å². The first-order valence-corrected chi connectivity index (χ1v) is 10.9. The first-order valence-electron chi connectivity index (χ1n) is 10.1. The Bertz CT molecular complexity index is 1530. The Kier molecular flexibility index (Phi) is 4.00. The van der Waals surface area contributed by atoms with Crippen molar-refractivity contribution in [1.82, 2.24) is 4.57 Å². The minimum Gasteiger partial charge on any atom is -0.309 e. The predicted octanol–water partition coefficient (Wildman–Crippen LogP) is 8.37. The lowest BCUT2D eigenvalue weighted by atomic mass is 10.0. The molecule has 0 saturated carbocycles. The van der Waals surface area contributed by atoms with Crippen molar-refractivity contribution in [1.29, 1.82) is 0 Å². The maximum absolute atomic E-state index is 3.62. The van der Waals surface area contributed by atoms with Gasteiger partial charge in [0.25, 0.3) is 0 Å². The van der Waals surface area contributed by atoms with Gasteiger partial charge in [-0.05, 0) is 46.8 Å². The van der Waals surface area contributed by atoms with E-state index in [0.717, 1.165) is 4.47 Å². The molecule has 1 nitrogen and oxygen atoms in total. The fourth-order valence-electron chi connectivity index (χ4n) is 4.46. The van der Waals surface area contributed by atoms with Gasteiger partial charge in [-0.2, -0.15) is 0 Å². The third kappa shape index (κ3) is 2.68. The first kappa shape index (κ1) is 17.5. The van der Waals surface area contributed by atoms with Crippen molar-refractivity contribution >= 4 is 48.5 Å². The van der Waals surface area contributed by atoms with Crippen LogP contribution in [0.4, 0.5) is 0 Å². The van der Waals surface area contributed by atoms with Crippen LogP contribution in [-0.4, -0.2) is 4.57 Å². The summed E-state index contributed by atoms with van der Waals surface area (Å²) in [6, 6.07) is 39.1. The van der Waals surface area contributed by atoms with Gasteiger partial charge in [0.15, 0.2) is 0 Å². The zero-order valence-electron chi connectivity index (χ0n) is 16.2. The van der Waals surface area contributed by atoms with Gasteiger partial charge in [-0.1, -0.05) is 94.8 Å². The fraction of sp³-hybridized carbons (Fsp3) is 0. The number of benzene rings is 5. The van der Waals surface area contributed by atoms with Gasteiger partial charge in [-0.15, -0.1) is 0 Å². The molecule has 0 bridgehead atoms. The summed E-state index contributed by atoms with van der Waals surface area (Å²) in [5.74, 6) is 0. The van der Waals surface area contributed by atoms with Gasteiger partial charge < -0.3 is 4.57 Å². The lowest BCUT2D eigenvalue weighted by molar-refractivity contribution is 1.19. The quantitative estimate of drug-likeness (QED) is 0.251. The second-order valence-electron chi connectivity index (χ2n) is 7.59. The minimum absolute atomic E-state index is 1.10. The van der Waals surface area contributed by atoms with Crippen molar-refractivity contribution in [2.75, 3.05) is 0 Å². The molecule has 142 valence electrons. The smallest absolute Gasteiger partial charge is 0.0619 e. The zero-order chi connectivity index (χ0) is 20.1. The summed E-state index contributed by atoms with van der Waals surface area (Å²) in [5.41, 5.74) is 6.14. The average molecular weight is 448 g/mol. The number of hydrogen-bond donors (Lipinski definition) is 0. The number of hydrogen-bond acceptors (Lipinski definition) is 0. The van der Waals surface area contributed by atoms with Gasteiger partial charge in [-0.25, -0.2) is 0 Å². The summed E-state index contributed by atoms with van der Waals surface area (Å²) in [5, 5.41) is 5.07. The Balaban J connectivity index is 1.67.